The quantitative estimate of drug-likeness (QED) is 0.142. The van der Waals surface area contributed by atoms with Gasteiger partial charge in [-0.3, -0.25) is 0 Å². The van der Waals surface area contributed by atoms with Crippen molar-refractivity contribution in [1.29, 1.82) is 0 Å². The van der Waals surface area contributed by atoms with E-state index in [4.69, 9.17) is 0 Å². The predicted octanol–water partition coefficient (Wildman–Crippen LogP) is 16.1. The fourth-order valence-corrected chi connectivity index (χ4v) is 10.4. The van der Waals surface area contributed by atoms with E-state index in [1.54, 1.807) is 0 Å². The Hall–Kier alpha value is -6.70. The molecule has 0 amide bonds. The molecule has 2 heterocycles. The van der Waals surface area contributed by atoms with Gasteiger partial charge in [-0.1, -0.05) is 170 Å². The van der Waals surface area contributed by atoms with Crippen molar-refractivity contribution in [3.8, 4) is 22.3 Å². The van der Waals surface area contributed by atoms with Crippen LogP contribution in [0.25, 0.3) is 60.9 Å². The van der Waals surface area contributed by atoms with Gasteiger partial charge in [-0.2, -0.15) is 0 Å². The second-order valence-corrected chi connectivity index (χ2v) is 16.5. The van der Waals surface area contributed by atoms with Crippen molar-refractivity contribution in [3.05, 3.63) is 232 Å². The summed E-state index contributed by atoms with van der Waals surface area (Å²) >= 11 is 0. The Morgan fingerprint density at radius 1 is 0.633 bits per heavy atom. The molecule has 2 aliphatic carbocycles. The molecule has 0 atom stereocenters. The molecule has 0 unspecified atom stereocenters. The highest BCUT2D eigenvalue weighted by molar-refractivity contribution is 6.16. The van der Waals surface area contributed by atoms with E-state index >= 15 is 0 Å². The van der Waals surface area contributed by atoms with Crippen LogP contribution in [0.2, 0.25) is 0 Å². The van der Waals surface area contributed by atoms with Crippen LogP contribution in [0.3, 0.4) is 0 Å². The van der Waals surface area contributed by atoms with E-state index in [-0.39, 0.29) is 0 Å². The molecule has 0 fully saturated rings. The monoisotopic (exact) mass is 773 g/mol. The van der Waals surface area contributed by atoms with Gasteiger partial charge in [0.05, 0.1) is 16.4 Å². The van der Waals surface area contributed by atoms with Crippen molar-refractivity contribution < 1.29 is 0 Å². The first-order valence-corrected chi connectivity index (χ1v) is 21.7. The van der Waals surface area contributed by atoms with Crippen molar-refractivity contribution in [2.45, 2.75) is 59.3 Å². The molecule has 6 aromatic carbocycles. The number of nitrogens with zero attached hydrogens (tertiary/aromatic N) is 1. The SMILES string of the molecule is CC=C1/C(=C\C)n2c3ccccc3c3cc(-c4ccc(C(/C=C(\C=C(/C)C5=CCCC=C5)c5ccccc5)=C(\C)CC)cc4)cc(c32)C12c1ccccc1-c1ccccc12. The number of allylic oxidation sites excluding steroid dienone is 14. The lowest BCUT2D eigenvalue weighted by molar-refractivity contribution is 0.749. The first-order chi connectivity index (χ1) is 29.5. The Labute approximate surface area is 355 Å². The molecule has 0 N–H and O–H groups in total. The third kappa shape index (κ3) is 5.75. The number of fused-ring (bicyclic) bond motifs is 9. The van der Waals surface area contributed by atoms with Crippen LogP contribution >= 0.6 is 0 Å². The van der Waals surface area contributed by atoms with Crippen molar-refractivity contribution in [1.82, 2.24) is 4.57 Å². The maximum Gasteiger partial charge on any atom is 0.0751 e. The molecule has 60 heavy (non-hydrogen) atoms. The van der Waals surface area contributed by atoms with Gasteiger partial charge in [-0.05, 0) is 149 Å². The van der Waals surface area contributed by atoms with E-state index in [0.717, 1.165) is 19.3 Å². The Kier molecular flexibility index (Phi) is 9.49. The van der Waals surface area contributed by atoms with Crippen LogP contribution in [-0.2, 0) is 5.41 Å². The van der Waals surface area contributed by atoms with Gasteiger partial charge in [-0.15, -0.1) is 0 Å². The Balaban J connectivity index is 1.18. The number of hydrogen-bond acceptors (Lipinski definition) is 0. The summed E-state index contributed by atoms with van der Waals surface area (Å²) in [7, 11) is 0. The third-order valence-electron chi connectivity index (χ3n) is 13.4. The molecule has 292 valence electrons. The largest absolute Gasteiger partial charge is 0.309 e. The van der Waals surface area contributed by atoms with E-state index in [0.29, 0.717) is 0 Å². The van der Waals surface area contributed by atoms with Crippen LogP contribution < -0.4 is 0 Å². The number of rotatable bonds is 7. The molecule has 1 aliphatic heterocycles. The zero-order valence-corrected chi connectivity index (χ0v) is 35.4. The zero-order chi connectivity index (χ0) is 41.0. The highest BCUT2D eigenvalue weighted by atomic mass is 15.0. The number of benzene rings is 6. The van der Waals surface area contributed by atoms with E-state index in [2.05, 4.69) is 221 Å². The summed E-state index contributed by atoms with van der Waals surface area (Å²) in [6.07, 6.45) is 19.6. The minimum atomic E-state index is -0.468. The van der Waals surface area contributed by atoms with Crippen molar-refractivity contribution in [2.75, 3.05) is 0 Å². The molecular formula is C59H51N. The molecule has 7 aromatic rings. The minimum absolute atomic E-state index is 0.468. The Morgan fingerprint density at radius 2 is 1.32 bits per heavy atom. The van der Waals surface area contributed by atoms with Gasteiger partial charge in [0, 0.05) is 16.5 Å². The van der Waals surface area contributed by atoms with E-state index in [1.807, 2.05) is 0 Å². The van der Waals surface area contributed by atoms with Crippen LogP contribution in [0, 0.1) is 0 Å². The molecule has 3 aliphatic rings. The van der Waals surface area contributed by atoms with Gasteiger partial charge >= 0.3 is 0 Å². The molecule has 0 bridgehead atoms. The minimum Gasteiger partial charge on any atom is -0.309 e. The molecule has 1 nitrogen and oxygen atoms in total. The summed E-state index contributed by atoms with van der Waals surface area (Å²) in [5.74, 6) is 0. The molecule has 1 spiro atoms. The van der Waals surface area contributed by atoms with Crippen LogP contribution in [0.5, 0.6) is 0 Å². The standard InChI is InChI=1S/C59H51N/c1-6-39(4)50(36-45(42-23-13-10-14-24-42)35-40(5)41-21-11-9-12-22-41)44-33-31-43(32-34-44)46-37-51-49-27-17-20-30-57(49)60-56(8-3)52(7-2)59(55(38-46)58(51)60)53-28-18-15-25-47(53)48-26-16-19-29-54(48)59/h7-8,10-11,13-38H,6,9,12H2,1-5H3/b40-35+,45-36+,50-39+,52-7?,56-8+. The molecule has 0 radical (unpaired) electrons. The van der Waals surface area contributed by atoms with Gasteiger partial charge in [0.15, 0.2) is 0 Å². The lowest BCUT2D eigenvalue weighted by atomic mass is 9.64. The number of hydrogen-bond donors (Lipinski definition) is 0. The van der Waals surface area contributed by atoms with Gasteiger partial charge < -0.3 is 4.57 Å². The second kappa shape index (κ2) is 15.2. The van der Waals surface area contributed by atoms with Crippen LogP contribution in [0.15, 0.2) is 204 Å². The maximum atomic E-state index is 2.54. The molecule has 0 saturated heterocycles. The zero-order valence-electron chi connectivity index (χ0n) is 35.4. The van der Waals surface area contributed by atoms with Crippen LogP contribution in [0.4, 0.5) is 0 Å². The molecule has 1 heteroatoms. The Morgan fingerprint density at radius 3 is 1.98 bits per heavy atom. The lowest BCUT2D eigenvalue weighted by Crippen LogP contribution is -2.35. The Bertz CT molecular complexity index is 3030. The van der Waals surface area contributed by atoms with Crippen molar-refractivity contribution in [2.24, 2.45) is 0 Å². The second-order valence-electron chi connectivity index (χ2n) is 16.5. The van der Waals surface area contributed by atoms with Crippen molar-refractivity contribution in [3.63, 3.8) is 0 Å². The fourth-order valence-electron chi connectivity index (χ4n) is 10.4. The van der Waals surface area contributed by atoms with E-state index in [9.17, 15) is 0 Å². The van der Waals surface area contributed by atoms with Gasteiger partial charge in [0.1, 0.15) is 0 Å². The lowest BCUT2D eigenvalue weighted by Gasteiger charge is -2.41. The van der Waals surface area contributed by atoms with Crippen molar-refractivity contribution >= 4 is 38.6 Å². The van der Waals surface area contributed by atoms with Gasteiger partial charge in [0.2, 0.25) is 0 Å². The third-order valence-corrected chi connectivity index (χ3v) is 13.4. The normalized spacial score (nSPS) is 17.4. The predicted molar refractivity (Wildman–Crippen MR) is 258 cm³/mol. The summed E-state index contributed by atoms with van der Waals surface area (Å²) in [6, 6.07) is 52.4. The highest BCUT2D eigenvalue weighted by Gasteiger charge is 2.52. The van der Waals surface area contributed by atoms with Crippen LogP contribution in [0.1, 0.15) is 81.7 Å². The summed E-state index contributed by atoms with van der Waals surface area (Å²) < 4.78 is 2.54. The van der Waals surface area contributed by atoms with E-state index < -0.39 is 5.41 Å². The smallest absolute Gasteiger partial charge is 0.0751 e. The average molecular weight is 774 g/mol. The number of para-hydroxylation sites is 1. The average Bonchev–Trinajstić information content (AvgIpc) is 3.80. The maximum absolute atomic E-state index is 2.54. The summed E-state index contributed by atoms with van der Waals surface area (Å²) in [4.78, 5) is 0. The van der Waals surface area contributed by atoms with Gasteiger partial charge in [-0.25, -0.2) is 0 Å². The molecule has 1 aromatic heterocycles. The fraction of sp³-hybridized carbons (Fsp3) is 0.153. The van der Waals surface area contributed by atoms with Crippen LogP contribution in [-0.4, -0.2) is 4.57 Å². The topological polar surface area (TPSA) is 4.93 Å². The molecule has 10 rings (SSSR count). The van der Waals surface area contributed by atoms with Gasteiger partial charge in [0.25, 0.3) is 0 Å². The number of aromatic nitrogens is 1. The summed E-state index contributed by atoms with van der Waals surface area (Å²) in [5.41, 5.74) is 22.8. The molecular weight excluding hydrogens is 723 g/mol. The highest BCUT2D eigenvalue weighted by Crippen LogP contribution is 2.62. The summed E-state index contributed by atoms with van der Waals surface area (Å²) in [5, 5.41) is 2.57. The summed E-state index contributed by atoms with van der Waals surface area (Å²) in [6.45, 7) is 11.2. The molecule has 0 saturated carbocycles. The van der Waals surface area contributed by atoms with E-state index in [1.165, 1.54) is 111 Å². The first-order valence-electron chi connectivity index (χ1n) is 21.7. The first kappa shape index (κ1) is 37.6.